The monoisotopic (exact) mass is 405 g/mol. The summed E-state index contributed by atoms with van der Waals surface area (Å²) in [4.78, 5) is 0. The maximum Gasteiger partial charge on any atom is 0.221 e. The number of hydrogen-bond acceptors (Lipinski definition) is 7. The van der Waals surface area contributed by atoms with E-state index in [9.17, 15) is 0 Å². The number of thiocarbonyl (C=S) groups is 1. The molecule has 3 atom stereocenters. The van der Waals surface area contributed by atoms with Gasteiger partial charge in [-0.15, -0.1) is 0 Å². The quantitative estimate of drug-likeness (QED) is 0.581. The number of rotatable bonds is 3. The van der Waals surface area contributed by atoms with Crippen molar-refractivity contribution in [2.45, 2.75) is 38.7 Å². The van der Waals surface area contributed by atoms with Crippen LogP contribution in [0.4, 0.5) is 0 Å². The smallest absolute Gasteiger partial charge is 0.221 e. The molecule has 2 saturated heterocycles. The van der Waals surface area contributed by atoms with Gasteiger partial charge < -0.3 is 15.2 Å². The van der Waals surface area contributed by atoms with Gasteiger partial charge in [0, 0.05) is 6.42 Å². The van der Waals surface area contributed by atoms with Crippen LogP contribution in [0.3, 0.4) is 0 Å². The molecule has 2 fully saturated rings. The van der Waals surface area contributed by atoms with Crippen LogP contribution < -0.4 is 11.2 Å². The highest BCUT2D eigenvalue weighted by Gasteiger charge is 2.44. The number of ether oxygens (including phenoxy) is 2. The van der Waals surface area contributed by atoms with Crippen molar-refractivity contribution in [2.75, 3.05) is 6.61 Å². The lowest BCUT2D eigenvalue weighted by molar-refractivity contribution is -0.0324. The SMILES string of the molecule is Cc1cc(C)cc(-n2nnn([C@@H]3C/C(=N/NC(N)=S)[C@H]4OC[C@@H]3O4)c2=S)c1. The van der Waals surface area contributed by atoms with Gasteiger partial charge in [-0.3, -0.25) is 5.43 Å². The summed E-state index contributed by atoms with van der Waals surface area (Å²) in [6.07, 6.45) is -0.128. The number of fused-ring (bicyclic) bond motifs is 2. The van der Waals surface area contributed by atoms with E-state index in [4.69, 9.17) is 39.6 Å². The summed E-state index contributed by atoms with van der Waals surface area (Å²) in [5, 5.41) is 12.8. The second-order valence-corrected chi connectivity index (χ2v) is 7.46. The van der Waals surface area contributed by atoms with Gasteiger partial charge >= 0.3 is 0 Å². The Morgan fingerprint density at radius 1 is 1.30 bits per heavy atom. The van der Waals surface area contributed by atoms with Crippen molar-refractivity contribution in [1.82, 2.24) is 25.2 Å². The van der Waals surface area contributed by atoms with E-state index in [1.54, 1.807) is 9.36 Å². The molecule has 27 heavy (non-hydrogen) atoms. The van der Waals surface area contributed by atoms with E-state index >= 15 is 0 Å². The fourth-order valence-electron chi connectivity index (χ4n) is 3.41. The lowest BCUT2D eigenvalue weighted by Gasteiger charge is -2.27. The Bertz CT molecular complexity index is 963. The Kier molecular flexibility index (Phi) is 4.76. The molecule has 1 aromatic heterocycles. The van der Waals surface area contributed by atoms with Gasteiger partial charge in [-0.25, -0.2) is 4.68 Å². The Balaban J connectivity index is 1.67. The molecular formula is C16H19N7O2S2. The molecule has 0 spiro atoms. The minimum atomic E-state index is -0.503. The van der Waals surface area contributed by atoms with E-state index in [1.807, 2.05) is 26.0 Å². The first-order chi connectivity index (χ1) is 12.9. The fraction of sp³-hybridized carbons (Fsp3) is 0.438. The first-order valence-electron chi connectivity index (χ1n) is 8.44. The summed E-state index contributed by atoms with van der Waals surface area (Å²) < 4.78 is 15.4. The van der Waals surface area contributed by atoms with Crippen LogP contribution in [0.1, 0.15) is 23.6 Å². The summed E-state index contributed by atoms with van der Waals surface area (Å²) in [5.74, 6) is 0. The highest BCUT2D eigenvalue weighted by atomic mass is 32.1. The van der Waals surface area contributed by atoms with Crippen LogP contribution in [0, 0.1) is 18.6 Å². The first kappa shape index (κ1) is 18.2. The number of nitrogens with two attached hydrogens (primary N) is 1. The number of aromatic nitrogens is 4. The van der Waals surface area contributed by atoms with Crippen LogP contribution in [0.15, 0.2) is 23.3 Å². The van der Waals surface area contributed by atoms with Gasteiger partial charge in [0.05, 0.1) is 24.0 Å². The van der Waals surface area contributed by atoms with Crippen LogP contribution in [-0.4, -0.2) is 49.6 Å². The summed E-state index contributed by atoms with van der Waals surface area (Å²) in [7, 11) is 0. The number of hydrazone groups is 1. The Morgan fingerprint density at radius 2 is 2.04 bits per heavy atom. The fourth-order valence-corrected chi connectivity index (χ4v) is 3.77. The second kappa shape index (κ2) is 7.08. The normalized spacial score (nSPS) is 25.7. The zero-order valence-electron chi connectivity index (χ0n) is 14.8. The van der Waals surface area contributed by atoms with E-state index in [0.717, 1.165) is 16.8 Å². The van der Waals surface area contributed by atoms with Crippen molar-refractivity contribution in [3.05, 3.63) is 34.1 Å². The zero-order chi connectivity index (χ0) is 19.1. The first-order valence-corrected chi connectivity index (χ1v) is 9.26. The van der Waals surface area contributed by atoms with Crippen molar-refractivity contribution < 1.29 is 9.47 Å². The van der Waals surface area contributed by atoms with Crippen molar-refractivity contribution in [3.8, 4) is 5.69 Å². The maximum atomic E-state index is 5.90. The minimum absolute atomic E-state index is 0.0801. The van der Waals surface area contributed by atoms with Crippen LogP contribution in [-0.2, 0) is 9.47 Å². The lowest BCUT2D eigenvalue weighted by Crippen LogP contribution is -2.39. The largest absolute Gasteiger partial charge is 0.375 e. The van der Waals surface area contributed by atoms with E-state index < -0.39 is 6.29 Å². The molecule has 0 amide bonds. The van der Waals surface area contributed by atoms with Crippen LogP contribution in [0.2, 0.25) is 0 Å². The number of benzene rings is 1. The van der Waals surface area contributed by atoms with E-state index in [1.165, 1.54) is 0 Å². The zero-order valence-corrected chi connectivity index (χ0v) is 16.5. The molecule has 3 N–H and O–H groups in total. The molecule has 0 unspecified atom stereocenters. The van der Waals surface area contributed by atoms with E-state index in [-0.39, 0.29) is 17.3 Å². The number of nitrogens with one attached hydrogen (secondary N) is 1. The molecular weight excluding hydrogens is 386 g/mol. The van der Waals surface area contributed by atoms with Gasteiger partial charge in [0.1, 0.15) is 6.10 Å². The minimum Gasteiger partial charge on any atom is -0.375 e. The van der Waals surface area contributed by atoms with Crippen molar-refractivity contribution in [3.63, 3.8) is 0 Å². The molecule has 2 aliphatic heterocycles. The Morgan fingerprint density at radius 3 is 2.74 bits per heavy atom. The molecule has 2 aliphatic rings. The topological polar surface area (TPSA) is 105 Å². The molecule has 0 radical (unpaired) electrons. The number of tetrazole rings is 1. The maximum absolute atomic E-state index is 5.90. The van der Waals surface area contributed by atoms with Crippen molar-refractivity contribution in [1.29, 1.82) is 0 Å². The third kappa shape index (κ3) is 3.50. The van der Waals surface area contributed by atoms with Gasteiger partial charge in [0.25, 0.3) is 0 Å². The van der Waals surface area contributed by atoms with Gasteiger partial charge in [0.15, 0.2) is 11.4 Å². The molecule has 9 nitrogen and oxygen atoms in total. The Labute approximate surface area is 166 Å². The van der Waals surface area contributed by atoms with E-state index in [0.29, 0.717) is 23.5 Å². The average Bonchev–Trinajstić information content (AvgIpc) is 3.18. The van der Waals surface area contributed by atoms with Crippen LogP contribution in [0.5, 0.6) is 0 Å². The summed E-state index contributed by atoms with van der Waals surface area (Å²) in [6.45, 7) is 4.50. The highest BCUT2D eigenvalue weighted by Crippen LogP contribution is 2.33. The van der Waals surface area contributed by atoms with Crippen molar-refractivity contribution >= 4 is 35.3 Å². The number of hydrogen-bond donors (Lipinski definition) is 2. The standard InChI is InChI=1S/C16H19N7O2S2/c1-8-3-9(2)5-10(4-8)22-16(27)23(21-20-22)12-6-11(18-19-15(17)26)14-24-7-13(12)25-14/h3-5,12-14H,6-7H2,1-2H3,(H3,17,19,26)/b18-11-/t12-,13+,14+/m1/s1. The summed E-state index contributed by atoms with van der Waals surface area (Å²) >= 11 is 10.4. The molecule has 3 heterocycles. The van der Waals surface area contributed by atoms with Gasteiger partial charge in [-0.05, 0) is 72.0 Å². The predicted molar refractivity (Wildman–Crippen MR) is 105 cm³/mol. The number of aryl methyl sites for hydroxylation is 2. The molecule has 0 aliphatic carbocycles. The van der Waals surface area contributed by atoms with Gasteiger partial charge in [-0.2, -0.15) is 9.78 Å². The Hall–Kier alpha value is -2.21. The third-order valence-electron chi connectivity index (χ3n) is 4.51. The highest BCUT2D eigenvalue weighted by molar-refractivity contribution is 7.80. The van der Waals surface area contributed by atoms with Gasteiger partial charge in [0.2, 0.25) is 4.77 Å². The lowest BCUT2D eigenvalue weighted by atomic mass is 10.0. The average molecular weight is 406 g/mol. The second-order valence-electron chi connectivity index (χ2n) is 6.65. The molecule has 142 valence electrons. The molecule has 11 heteroatoms. The molecule has 2 aromatic rings. The molecule has 2 bridgehead atoms. The molecule has 1 aromatic carbocycles. The van der Waals surface area contributed by atoms with Gasteiger partial charge in [-0.1, -0.05) is 6.07 Å². The number of nitrogens with zero attached hydrogens (tertiary/aromatic N) is 5. The van der Waals surface area contributed by atoms with Crippen LogP contribution >= 0.6 is 24.4 Å². The third-order valence-corrected chi connectivity index (χ3v) is 4.96. The predicted octanol–water partition coefficient (Wildman–Crippen LogP) is 1.29. The molecule has 0 saturated carbocycles. The van der Waals surface area contributed by atoms with E-state index in [2.05, 4.69) is 27.0 Å². The molecule has 4 rings (SSSR count). The summed E-state index contributed by atoms with van der Waals surface area (Å²) in [5.41, 5.74) is 11.8. The van der Waals surface area contributed by atoms with Crippen molar-refractivity contribution in [2.24, 2.45) is 10.8 Å². The van der Waals surface area contributed by atoms with Crippen LogP contribution in [0.25, 0.3) is 5.69 Å². The summed E-state index contributed by atoms with van der Waals surface area (Å²) in [6, 6.07) is 5.96.